The van der Waals surface area contributed by atoms with Gasteiger partial charge in [-0.15, -0.1) is 0 Å². The molecule has 0 spiro atoms. The van der Waals surface area contributed by atoms with Gasteiger partial charge in [-0.1, -0.05) is 18.2 Å². The number of benzene rings is 1. The van der Waals surface area contributed by atoms with Gasteiger partial charge >= 0.3 is 0 Å². The van der Waals surface area contributed by atoms with Gasteiger partial charge in [-0.2, -0.15) is 0 Å². The predicted octanol–water partition coefficient (Wildman–Crippen LogP) is 2.67. The highest BCUT2D eigenvalue weighted by molar-refractivity contribution is 5.95. The summed E-state index contributed by atoms with van der Waals surface area (Å²) in [6.07, 6.45) is 2.24. The summed E-state index contributed by atoms with van der Waals surface area (Å²) in [5.41, 5.74) is 8.30. The Kier molecular flexibility index (Phi) is 5.66. The molecular formula is C20H26N4O. The summed E-state index contributed by atoms with van der Waals surface area (Å²) in [5, 5.41) is 2.84. The summed E-state index contributed by atoms with van der Waals surface area (Å²) in [5.74, 6) is 1.58. The number of hydrogen-bond donors (Lipinski definition) is 2. The Labute approximate surface area is 149 Å². The Morgan fingerprint density at radius 2 is 2.00 bits per heavy atom. The molecule has 0 unspecified atom stereocenters. The van der Waals surface area contributed by atoms with Crippen LogP contribution in [0.4, 0.5) is 5.82 Å². The maximum Gasteiger partial charge on any atom is 0.251 e. The lowest BCUT2D eigenvalue weighted by Gasteiger charge is -2.32. The highest BCUT2D eigenvalue weighted by Crippen LogP contribution is 2.25. The van der Waals surface area contributed by atoms with E-state index >= 15 is 0 Å². The zero-order valence-corrected chi connectivity index (χ0v) is 14.7. The molecule has 0 radical (unpaired) electrons. The molecule has 1 aliphatic rings. The molecule has 3 rings (SSSR count). The standard InChI is InChI=1S/C20H26N4O/c1-2-22-20(25)17-6-3-5-16(13-17)18-7-4-8-19(23-18)24-11-9-15(14-21)10-12-24/h3-8,13,15H,2,9-12,14,21H2,1H3,(H,22,25). The lowest BCUT2D eigenvalue weighted by atomic mass is 9.97. The number of rotatable bonds is 5. The summed E-state index contributed by atoms with van der Waals surface area (Å²) in [7, 11) is 0. The molecule has 1 aromatic carbocycles. The first-order valence-corrected chi connectivity index (χ1v) is 9.02. The van der Waals surface area contributed by atoms with Crippen LogP contribution in [-0.2, 0) is 0 Å². The van der Waals surface area contributed by atoms with Crippen LogP contribution >= 0.6 is 0 Å². The van der Waals surface area contributed by atoms with Crippen LogP contribution in [0.25, 0.3) is 11.3 Å². The lowest BCUT2D eigenvalue weighted by Crippen LogP contribution is -2.36. The fourth-order valence-corrected chi connectivity index (χ4v) is 3.24. The Bertz CT molecular complexity index is 723. The number of carbonyl (C=O) groups excluding carboxylic acids is 1. The minimum Gasteiger partial charge on any atom is -0.357 e. The fourth-order valence-electron chi connectivity index (χ4n) is 3.24. The molecule has 0 atom stereocenters. The van der Waals surface area contributed by atoms with Crippen molar-refractivity contribution in [2.45, 2.75) is 19.8 Å². The van der Waals surface area contributed by atoms with Gasteiger partial charge in [0.05, 0.1) is 5.69 Å². The lowest BCUT2D eigenvalue weighted by molar-refractivity contribution is 0.0956. The molecule has 5 nitrogen and oxygen atoms in total. The molecule has 2 aromatic rings. The van der Waals surface area contributed by atoms with Gasteiger partial charge in [0.2, 0.25) is 0 Å². The number of hydrogen-bond acceptors (Lipinski definition) is 4. The molecule has 0 saturated carbocycles. The van der Waals surface area contributed by atoms with E-state index in [2.05, 4.69) is 16.3 Å². The van der Waals surface area contributed by atoms with E-state index in [0.29, 0.717) is 18.0 Å². The molecular weight excluding hydrogens is 312 g/mol. The van der Waals surface area contributed by atoms with Gasteiger partial charge in [0, 0.05) is 30.8 Å². The van der Waals surface area contributed by atoms with Crippen LogP contribution in [-0.4, -0.2) is 37.1 Å². The zero-order chi connectivity index (χ0) is 17.6. The van der Waals surface area contributed by atoms with Gasteiger partial charge in [-0.05, 0) is 56.5 Å². The van der Waals surface area contributed by atoms with E-state index < -0.39 is 0 Å². The Hall–Kier alpha value is -2.40. The minimum absolute atomic E-state index is 0.0515. The van der Waals surface area contributed by atoms with Gasteiger partial charge in [0.25, 0.3) is 5.91 Å². The van der Waals surface area contributed by atoms with Crippen LogP contribution in [0.2, 0.25) is 0 Å². The summed E-state index contributed by atoms with van der Waals surface area (Å²) < 4.78 is 0. The first-order chi connectivity index (χ1) is 12.2. The highest BCUT2D eigenvalue weighted by Gasteiger charge is 2.19. The van der Waals surface area contributed by atoms with Crippen LogP contribution in [0, 0.1) is 5.92 Å². The number of nitrogens with one attached hydrogen (secondary N) is 1. The molecule has 3 N–H and O–H groups in total. The normalized spacial score (nSPS) is 15.2. The second-order valence-electron chi connectivity index (χ2n) is 6.49. The van der Waals surface area contributed by atoms with Gasteiger partial charge in [-0.25, -0.2) is 4.98 Å². The van der Waals surface area contributed by atoms with Crippen LogP contribution < -0.4 is 16.0 Å². The summed E-state index contributed by atoms with van der Waals surface area (Å²) in [6.45, 7) is 5.30. The fraction of sp³-hybridized carbons (Fsp3) is 0.400. The third-order valence-electron chi connectivity index (χ3n) is 4.76. The molecule has 0 aliphatic carbocycles. The summed E-state index contributed by atoms with van der Waals surface area (Å²) >= 11 is 0. The van der Waals surface area contributed by atoms with Gasteiger partial charge in [-0.3, -0.25) is 4.79 Å². The van der Waals surface area contributed by atoms with E-state index in [0.717, 1.165) is 49.6 Å². The Morgan fingerprint density at radius 1 is 1.24 bits per heavy atom. The van der Waals surface area contributed by atoms with Crippen molar-refractivity contribution < 1.29 is 4.79 Å². The molecule has 1 aromatic heterocycles. The number of nitrogens with zero attached hydrogens (tertiary/aromatic N) is 2. The number of piperidine rings is 1. The monoisotopic (exact) mass is 338 g/mol. The third kappa shape index (κ3) is 4.17. The minimum atomic E-state index is -0.0515. The SMILES string of the molecule is CCNC(=O)c1cccc(-c2cccc(N3CCC(CN)CC3)n2)c1. The van der Waals surface area contributed by atoms with Crippen LogP contribution in [0.15, 0.2) is 42.5 Å². The van der Waals surface area contributed by atoms with E-state index in [-0.39, 0.29) is 5.91 Å². The number of nitrogens with two attached hydrogens (primary N) is 1. The summed E-state index contributed by atoms with van der Waals surface area (Å²) in [4.78, 5) is 19.2. The molecule has 1 fully saturated rings. The molecule has 1 aliphatic heterocycles. The quantitative estimate of drug-likeness (QED) is 0.879. The second-order valence-corrected chi connectivity index (χ2v) is 6.49. The number of pyridine rings is 1. The van der Waals surface area contributed by atoms with Crippen LogP contribution in [0.5, 0.6) is 0 Å². The smallest absolute Gasteiger partial charge is 0.251 e. The maximum absolute atomic E-state index is 12.1. The van der Waals surface area contributed by atoms with Crippen molar-refractivity contribution in [2.24, 2.45) is 11.7 Å². The molecule has 1 saturated heterocycles. The average Bonchev–Trinajstić information content (AvgIpc) is 2.68. The Balaban J connectivity index is 1.80. The van der Waals surface area contributed by atoms with Crippen molar-refractivity contribution in [3.8, 4) is 11.3 Å². The number of amides is 1. The zero-order valence-electron chi connectivity index (χ0n) is 14.7. The molecule has 5 heteroatoms. The highest BCUT2D eigenvalue weighted by atomic mass is 16.1. The van der Waals surface area contributed by atoms with Crippen molar-refractivity contribution in [2.75, 3.05) is 31.1 Å². The van der Waals surface area contributed by atoms with Gasteiger partial charge in [0.1, 0.15) is 5.82 Å². The number of anilines is 1. The predicted molar refractivity (Wildman–Crippen MR) is 102 cm³/mol. The van der Waals surface area contributed by atoms with Crippen molar-refractivity contribution in [1.82, 2.24) is 10.3 Å². The van der Waals surface area contributed by atoms with E-state index in [1.807, 2.05) is 43.3 Å². The number of aromatic nitrogens is 1. The average molecular weight is 338 g/mol. The molecule has 1 amide bonds. The molecule has 25 heavy (non-hydrogen) atoms. The molecule has 0 bridgehead atoms. The van der Waals surface area contributed by atoms with Crippen molar-refractivity contribution in [1.29, 1.82) is 0 Å². The maximum atomic E-state index is 12.1. The first-order valence-electron chi connectivity index (χ1n) is 9.02. The van der Waals surface area contributed by atoms with Crippen molar-refractivity contribution in [3.05, 3.63) is 48.0 Å². The van der Waals surface area contributed by atoms with E-state index in [1.54, 1.807) is 0 Å². The first kappa shape index (κ1) is 17.4. The van der Waals surface area contributed by atoms with Crippen molar-refractivity contribution in [3.63, 3.8) is 0 Å². The van der Waals surface area contributed by atoms with E-state index in [4.69, 9.17) is 10.7 Å². The number of carbonyl (C=O) groups is 1. The van der Waals surface area contributed by atoms with E-state index in [9.17, 15) is 4.79 Å². The Morgan fingerprint density at radius 3 is 2.72 bits per heavy atom. The van der Waals surface area contributed by atoms with E-state index in [1.165, 1.54) is 0 Å². The largest absolute Gasteiger partial charge is 0.357 e. The third-order valence-corrected chi connectivity index (χ3v) is 4.76. The van der Waals surface area contributed by atoms with Gasteiger partial charge < -0.3 is 16.0 Å². The second kappa shape index (κ2) is 8.12. The van der Waals surface area contributed by atoms with Crippen LogP contribution in [0.3, 0.4) is 0 Å². The topological polar surface area (TPSA) is 71.2 Å². The van der Waals surface area contributed by atoms with Crippen molar-refractivity contribution >= 4 is 11.7 Å². The van der Waals surface area contributed by atoms with Crippen LogP contribution in [0.1, 0.15) is 30.1 Å². The molecule has 132 valence electrons. The van der Waals surface area contributed by atoms with Gasteiger partial charge in [0.15, 0.2) is 0 Å². The molecule has 2 heterocycles. The summed E-state index contributed by atoms with van der Waals surface area (Å²) in [6, 6.07) is 13.7.